The van der Waals surface area contributed by atoms with Gasteiger partial charge in [0.25, 0.3) is 0 Å². The number of hydrogen-bond acceptors (Lipinski definition) is 4. The van der Waals surface area contributed by atoms with Crippen molar-refractivity contribution in [3.05, 3.63) is 35.5 Å². The Hall–Kier alpha value is -1.84. The lowest BCUT2D eigenvalue weighted by atomic mass is 9.72. The van der Waals surface area contributed by atoms with Gasteiger partial charge < -0.3 is 9.15 Å². The summed E-state index contributed by atoms with van der Waals surface area (Å²) in [7, 11) is 0. The maximum atomic E-state index is 12.4. The Kier molecular flexibility index (Phi) is 2.62. The van der Waals surface area contributed by atoms with Crippen LogP contribution in [0.1, 0.15) is 44.8 Å². The van der Waals surface area contributed by atoms with Gasteiger partial charge >= 0.3 is 5.97 Å². The van der Waals surface area contributed by atoms with Gasteiger partial charge in [-0.25, -0.2) is 0 Å². The van der Waals surface area contributed by atoms with E-state index in [0.29, 0.717) is 29.9 Å². The quantitative estimate of drug-likeness (QED) is 0.728. The molecule has 0 N–H and O–H groups in total. The molecule has 4 heteroatoms. The van der Waals surface area contributed by atoms with Crippen LogP contribution in [0, 0.1) is 5.41 Å². The summed E-state index contributed by atoms with van der Waals surface area (Å²) in [6.07, 6.45) is 2.85. The van der Waals surface area contributed by atoms with E-state index in [1.807, 2.05) is 13.8 Å². The Morgan fingerprint density at radius 2 is 2.05 bits per heavy atom. The van der Waals surface area contributed by atoms with Gasteiger partial charge in [0, 0.05) is 18.4 Å². The molecular weight excluding hydrogens is 244 g/mol. The zero-order valence-corrected chi connectivity index (χ0v) is 11.1. The Morgan fingerprint density at radius 1 is 1.26 bits per heavy atom. The van der Waals surface area contributed by atoms with Crippen molar-refractivity contribution in [1.82, 2.24) is 0 Å². The highest BCUT2D eigenvalue weighted by molar-refractivity contribution is 6.00. The van der Waals surface area contributed by atoms with Crippen LogP contribution in [0.15, 0.2) is 34.1 Å². The summed E-state index contributed by atoms with van der Waals surface area (Å²) in [4.78, 5) is 24.1. The average molecular weight is 260 g/mol. The molecule has 0 spiro atoms. The molecule has 0 unspecified atom stereocenters. The molecule has 1 aromatic rings. The van der Waals surface area contributed by atoms with Crippen molar-refractivity contribution in [2.75, 3.05) is 0 Å². The highest BCUT2D eigenvalue weighted by atomic mass is 16.5. The van der Waals surface area contributed by atoms with Gasteiger partial charge in [0.2, 0.25) is 0 Å². The van der Waals surface area contributed by atoms with Crippen LogP contribution < -0.4 is 0 Å². The fourth-order valence-corrected chi connectivity index (χ4v) is 2.94. The third-order valence-electron chi connectivity index (χ3n) is 3.72. The number of hydrogen-bond donors (Lipinski definition) is 0. The van der Waals surface area contributed by atoms with Crippen LogP contribution in [-0.2, 0) is 14.3 Å². The monoisotopic (exact) mass is 260 g/mol. The van der Waals surface area contributed by atoms with E-state index < -0.39 is 0 Å². The summed E-state index contributed by atoms with van der Waals surface area (Å²) in [5.74, 6) is 0.705. The molecule has 100 valence electrons. The second-order valence-corrected chi connectivity index (χ2v) is 6.02. The molecule has 0 saturated heterocycles. The zero-order chi connectivity index (χ0) is 13.6. The highest BCUT2D eigenvalue weighted by Gasteiger charge is 2.42. The lowest BCUT2D eigenvalue weighted by Gasteiger charge is -2.35. The summed E-state index contributed by atoms with van der Waals surface area (Å²) < 4.78 is 10.7. The summed E-state index contributed by atoms with van der Waals surface area (Å²) in [6.45, 7) is 4.03. The van der Waals surface area contributed by atoms with Crippen LogP contribution in [0.3, 0.4) is 0 Å². The van der Waals surface area contributed by atoms with Gasteiger partial charge in [0.05, 0.1) is 18.6 Å². The lowest BCUT2D eigenvalue weighted by molar-refractivity contribution is -0.142. The molecule has 0 fully saturated rings. The van der Waals surface area contributed by atoms with Crippen LogP contribution in [0.25, 0.3) is 0 Å². The molecule has 1 atom stereocenters. The van der Waals surface area contributed by atoms with E-state index in [9.17, 15) is 9.59 Å². The molecule has 19 heavy (non-hydrogen) atoms. The van der Waals surface area contributed by atoms with E-state index >= 15 is 0 Å². The van der Waals surface area contributed by atoms with Crippen LogP contribution >= 0.6 is 0 Å². The molecule has 1 aliphatic heterocycles. The first-order valence-corrected chi connectivity index (χ1v) is 6.47. The van der Waals surface area contributed by atoms with Crippen molar-refractivity contribution < 1.29 is 18.7 Å². The zero-order valence-electron chi connectivity index (χ0n) is 11.1. The van der Waals surface area contributed by atoms with Crippen molar-refractivity contribution >= 4 is 11.8 Å². The molecule has 1 aromatic heterocycles. The number of carbonyl (C=O) groups excluding carboxylic acids is 2. The van der Waals surface area contributed by atoms with Gasteiger partial charge in [-0.1, -0.05) is 13.8 Å². The maximum absolute atomic E-state index is 12.4. The molecule has 3 rings (SSSR count). The van der Waals surface area contributed by atoms with Crippen LogP contribution in [0.5, 0.6) is 0 Å². The number of ketones is 1. The molecule has 0 saturated carbocycles. The minimum Gasteiger partial charge on any atom is -0.469 e. The molecular formula is C15H16O4. The molecule has 2 aliphatic rings. The molecule has 0 aromatic carbocycles. The average Bonchev–Trinajstić information content (AvgIpc) is 2.78. The Bertz CT molecular complexity index is 563. The largest absolute Gasteiger partial charge is 0.469 e. The first kappa shape index (κ1) is 12.2. The lowest BCUT2D eigenvalue weighted by Crippen LogP contribution is -2.33. The fraction of sp³-hybridized carbons (Fsp3) is 0.467. The summed E-state index contributed by atoms with van der Waals surface area (Å²) in [6, 6.07) is 3.58. The van der Waals surface area contributed by atoms with Gasteiger partial charge in [-0.05, 0) is 17.5 Å². The topological polar surface area (TPSA) is 56.5 Å². The minimum absolute atomic E-state index is 0.0696. The number of allylic oxidation sites excluding steroid dienone is 2. The number of rotatable bonds is 1. The van der Waals surface area contributed by atoms with Crippen molar-refractivity contribution in [2.24, 2.45) is 5.41 Å². The first-order valence-electron chi connectivity index (χ1n) is 6.47. The number of furan rings is 1. The summed E-state index contributed by atoms with van der Waals surface area (Å²) in [5, 5.41) is 0. The minimum atomic E-state index is -0.286. The number of Topliss-reactive ketones (excluding diaryl/α,β-unsaturated/α-hetero) is 1. The second kappa shape index (κ2) is 4.08. The Balaban J connectivity index is 2.07. The smallest absolute Gasteiger partial charge is 0.311 e. The van der Waals surface area contributed by atoms with Crippen molar-refractivity contribution in [1.29, 1.82) is 0 Å². The van der Waals surface area contributed by atoms with E-state index in [0.717, 1.165) is 0 Å². The van der Waals surface area contributed by atoms with Gasteiger partial charge in [0.1, 0.15) is 11.5 Å². The highest BCUT2D eigenvalue weighted by Crippen LogP contribution is 2.45. The predicted octanol–water partition coefficient (Wildman–Crippen LogP) is 2.95. The number of esters is 1. The molecule has 1 aliphatic carbocycles. The van der Waals surface area contributed by atoms with Gasteiger partial charge in [-0.2, -0.15) is 0 Å². The van der Waals surface area contributed by atoms with Gasteiger partial charge in [-0.3, -0.25) is 9.59 Å². The maximum Gasteiger partial charge on any atom is 0.311 e. The van der Waals surface area contributed by atoms with E-state index in [4.69, 9.17) is 9.15 Å². The standard InChI is InChI=1S/C15H16O4/c1-15(2)7-10(16)14-9(11-4-3-5-18-11)6-13(17)19-12(14)8-15/h3-5,9H,6-8H2,1-2H3/t9-/m1/s1. The Morgan fingerprint density at radius 3 is 2.74 bits per heavy atom. The van der Waals surface area contributed by atoms with E-state index in [2.05, 4.69) is 0 Å². The first-order chi connectivity index (χ1) is 8.96. The van der Waals surface area contributed by atoms with Crippen molar-refractivity contribution in [2.45, 2.75) is 39.0 Å². The van der Waals surface area contributed by atoms with Crippen LogP contribution in [0.4, 0.5) is 0 Å². The molecule has 4 nitrogen and oxygen atoms in total. The van der Waals surface area contributed by atoms with Crippen LogP contribution in [0.2, 0.25) is 0 Å². The Labute approximate surface area is 111 Å². The van der Waals surface area contributed by atoms with E-state index in [1.54, 1.807) is 18.4 Å². The third-order valence-corrected chi connectivity index (χ3v) is 3.72. The molecule has 2 heterocycles. The summed E-state index contributed by atoms with van der Waals surface area (Å²) in [5.41, 5.74) is 0.482. The predicted molar refractivity (Wildman–Crippen MR) is 67.2 cm³/mol. The number of ether oxygens (including phenoxy) is 1. The van der Waals surface area contributed by atoms with Crippen molar-refractivity contribution in [3.63, 3.8) is 0 Å². The normalized spacial score (nSPS) is 26.1. The summed E-state index contributed by atoms with van der Waals surface area (Å²) >= 11 is 0. The second-order valence-electron chi connectivity index (χ2n) is 6.02. The van der Waals surface area contributed by atoms with E-state index in [1.165, 1.54) is 0 Å². The fourth-order valence-electron chi connectivity index (χ4n) is 2.94. The molecule has 0 radical (unpaired) electrons. The molecule has 0 bridgehead atoms. The third kappa shape index (κ3) is 2.11. The van der Waals surface area contributed by atoms with Crippen molar-refractivity contribution in [3.8, 4) is 0 Å². The number of carbonyl (C=O) groups is 2. The SMILES string of the molecule is CC1(C)CC(=O)C2=C(C1)OC(=O)C[C@@H]2c1ccco1. The van der Waals surface area contributed by atoms with Crippen LogP contribution in [-0.4, -0.2) is 11.8 Å². The molecule has 0 amide bonds. The van der Waals surface area contributed by atoms with E-state index in [-0.39, 0.29) is 29.5 Å². The van der Waals surface area contributed by atoms with Gasteiger partial charge in [-0.15, -0.1) is 0 Å². The van der Waals surface area contributed by atoms with Gasteiger partial charge in [0.15, 0.2) is 5.78 Å².